The highest BCUT2D eigenvalue weighted by atomic mass is 32.2. The molecule has 0 spiro atoms. The molecular weight excluding hydrogens is 372 g/mol. The maximum atomic E-state index is 12.8. The van der Waals surface area contributed by atoms with Crippen molar-refractivity contribution in [1.82, 2.24) is 9.19 Å². The van der Waals surface area contributed by atoms with Crippen LogP contribution in [0, 0.1) is 10.1 Å². The van der Waals surface area contributed by atoms with Crippen molar-refractivity contribution in [2.24, 2.45) is 0 Å². The molecule has 2 N–H and O–H groups in total. The molecule has 0 atom stereocenters. The summed E-state index contributed by atoms with van der Waals surface area (Å²) in [5, 5.41) is 15.0. The summed E-state index contributed by atoms with van der Waals surface area (Å²) < 4.78 is 31.6. The summed E-state index contributed by atoms with van der Waals surface area (Å²) in [6, 6.07) is 13.1. The number of benzene rings is 2. The van der Waals surface area contributed by atoms with Crippen LogP contribution < -0.4 is 10.5 Å². The van der Waals surface area contributed by atoms with E-state index in [0.717, 1.165) is 6.07 Å². The Hall–Kier alpha value is -3.40. The number of nitro benzene ring substituents is 1. The monoisotopic (exact) mass is 388 g/mol. The van der Waals surface area contributed by atoms with E-state index in [0.29, 0.717) is 27.7 Å². The van der Waals surface area contributed by atoms with Gasteiger partial charge in [-0.1, -0.05) is 6.07 Å². The third-order valence-corrected chi connectivity index (χ3v) is 5.32. The van der Waals surface area contributed by atoms with Crippen LogP contribution in [0.15, 0.2) is 59.5 Å². The zero-order chi connectivity index (χ0) is 19.6. The lowest BCUT2D eigenvalue weighted by molar-refractivity contribution is -0.385. The molecule has 3 aromatic rings. The van der Waals surface area contributed by atoms with Crippen molar-refractivity contribution in [2.45, 2.75) is 11.8 Å². The Bertz CT molecular complexity index is 1090. The first-order chi connectivity index (χ1) is 12.8. The number of nitro groups is 1. The molecule has 0 aliphatic carbocycles. The zero-order valence-corrected chi connectivity index (χ0v) is 15.1. The summed E-state index contributed by atoms with van der Waals surface area (Å²) in [5.74, 6) is 0.572. The van der Waals surface area contributed by atoms with Crippen molar-refractivity contribution < 1.29 is 18.1 Å². The van der Waals surface area contributed by atoms with Crippen molar-refractivity contribution in [3.05, 3.63) is 64.7 Å². The van der Waals surface area contributed by atoms with Crippen LogP contribution in [0.4, 0.5) is 11.5 Å². The summed E-state index contributed by atoms with van der Waals surface area (Å²) in [6.45, 7) is 2.40. The van der Waals surface area contributed by atoms with Crippen LogP contribution in [0.5, 0.6) is 5.75 Å². The third kappa shape index (κ3) is 3.60. The van der Waals surface area contributed by atoms with E-state index in [1.165, 1.54) is 24.3 Å². The minimum Gasteiger partial charge on any atom is -0.494 e. The molecule has 0 aliphatic rings. The van der Waals surface area contributed by atoms with Gasteiger partial charge >= 0.3 is 0 Å². The summed E-state index contributed by atoms with van der Waals surface area (Å²) in [5.41, 5.74) is 6.50. The standard InChI is InChI=1S/C17H16N4O5S/c1-2-26-14-8-6-12(7-9-14)16-11-17(18)20(19-16)27(24,25)15-5-3-4-13(10-15)21(22)23/h3-11H,2,18H2,1H3. The summed E-state index contributed by atoms with van der Waals surface area (Å²) in [7, 11) is -4.18. The van der Waals surface area contributed by atoms with Crippen molar-refractivity contribution in [3.8, 4) is 17.0 Å². The molecule has 2 aromatic carbocycles. The van der Waals surface area contributed by atoms with E-state index in [1.54, 1.807) is 24.3 Å². The van der Waals surface area contributed by atoms with Gasteiger partial charge in [0.1, 0.15) is 11.6 Å². The average molecular weight is 388 g/mol. The van der Waals surface area contributed by atoms with Gasteiger partial charge in [0.05, 0.1) is 22.1 Å². The Morgan fingerprint density at radius 3 is 2.52 bits per heavy atom. The molecule has 0 bridgehead atoms. The molecule has 9 nitrogen and oxygen atoms in total. The van der Waals surface area contributed by atoms with Crippen LogP contribution in [0.25, 0.3) is 11.3 Å². The molecule has 1 aromatic heterocycles. The summed E-state index contributed by atoms with van der Waals surface area (Å²) in [4.78, 5) is 9.96. The molecule has 0 saturated heterocycles. The molecule has 27 heavy (non-hydrogen) atoms. The van der Waals surface area contributed by atoms with Gasteiger partial charge in [0.15, 0.2) is 0 Å². The average Bonchev–Trinajstić information content (AvgIpc) is 3.05. The second kappa shape index (κ2) is 7.08. The van der Waals surface area contributed by atoms with Crippen LogP contribution in [0.2, 0.25) is 0 Å². The van der Waals surface area contributed by atoms with Crippen LogP contribution in [-0.4, -0.2) is 29.1 Å². The van der Waals surface area contributed by atoms with Crippen molar-refractivity contribution >= 4 is 21.5 Å². The quantitative estimate of drug-likeness (QED) is 0.507. The van der Waals surface area contributed by atoms with E-state index in [9.17, 15) is 18.5 Å². The predicted octanol–water partition coefficient (Wildman–Crippen LogP) is 2.68. The second-order valence-corrected chi connectivity index (χ2v) is 7.28. The maximum Gasteiger partial charge on any atom is 0.285 e. The Morgan fingerprint density at radius 2 is 1.89 bits per heavy atom. The van der Waals surface area contributed by atoms with E-state index in [4.69, 9.17) is 10.5 Å². The molecule has 0 fully saturated rings. The Balaban J connectivity index is 2.00. The fourth-order valence-corrected chi connectivity index (χ4v) is 3.70. The first-order valence-electron chi connectivity index (χ1n) is 7.91. The minimum absolute atomic E-state index is 0.106. The van der Waals surface area contributed by atoms with Crippen molar-refractivity contribution in [3.63, 3.8) is 0 Å². The summed E-state index contributed by atoms with van der Waals surface area (Å²) in [6.07, 6.45) is 0. The third-order valence-electron chi connectivity index (χ3n) is 3.72. The summed E-state index contributed by atoms with van der Waals surface area (Å²) >= 11 is 0. The fourth-order valence-electron chi connectivity index (χ4n) is 2.46. The number of hydrogen-bond donors (Lipinski definition) is 1. The van der Waals surface area contributed by atoms with E-state index in [-0.39, 0.29) is 16.4 Å². The second-order valence-electron chi connectivity index (χ2n) is 5.51. The first-order valence-corrected chi connectivity index (χ1v) is 9.35. The topological polar surface area (TPSA) is 130 Å². The van der Waals surface area contributed by atoms with E-state index >= 15 is 0 Å². The molecular formula is C17H16N4O5S. The molecule has 1 heterocycles. The lowest BCUT2D eigenvalue weighted by Gasteiger charge is -2.06. The van der Waals surface area contributed by atoms with Gasteiger partial charge in [-0.05, 0) is 37.3 Å². The number of rotatable bonds is 6. The van der Waals surface area contributed by atoms with Crippen molar-refractivity contribution in [2.75, 3.05) is 12.3 Å². The molecule has 0 unspecified atom stereocenters. The number of nitrogen functional groups attached to an aromatic ring is 1. The molecule has 10 heteroatoms. The highest BCUT2D eigenvalue weighted by Gasteiger charge is 2.24. The van der Waals surface area contributed by atoms with Gasteiger partial charge < -0.3 is 10.5 Å². The van der Waals surface area contributed by atoms with Gasteiger partial charge in [0.25, 0.3) is 15.7 Å². The van der Waals surface area contributed by atoms with Gasteiger partial charge in [-0.3, -0.25) is 10.1 Å². The number of nitrogens with zero attached hydrogens (tertiary/aromatic N) is 3. The number of hydrogen-bond acceptors (Lipinski definition) is 7. The molecule has 0 saturated carbocycles. The van der Waals surface area contributed by atoms with Crippen LogP contribution in [0.1, 0.15) is 6.92 Å². The van der Waals surface area contributed by atoms with Crippen LogP contribution >= 0.6 is 0 Å². The number of nitrogens with two attached hydrogens (primary N) is 1. The normalized spacial score (nSPS) is 11.3. The molecule has 3 rings (SSSR count). The van der Waals surface area contributed by atoms with E-state index < -0.39 is 14.9 Å². The van der Waals surface area contributed by atoms with E-state index in [2.05, 4.69) is 5.10 Å². The maximum absolute atomic E-state index is 12.8. The lowest BCUT2D eigenvalue weighted by atomic mass is 10.1. The number of anilines is 1. The lowest BCUT2D eigenvalue weighted by Crippen LogP contribution is -2.17. The van der Waals surface area contributed by atoms with Gasteiger partial charge in [0.2, 0.25) is 0 Å². The molecule has 0 amide bonds. The van der Waals surface area contributed by atoms with Crippen molar-refractivity contribution in [1.29, 1.82) is 0 Å². The van der Waals surface area contributed by atoms with Crippen LogP contribution in [0.3, 0.4) is 0 Å². The highest BCUT2D eigenvalue weighted by Crippen LogP contribution is 2.26. The fraction of sp³-hybridized carbons (Fsp3) is 0.118. The Morgan fingerprint density at radius 1 is 1.19 bits per heavy atom. The van der Waals surface area contributed by atoms with Gasteiger partial charge in [-0.2, -0.15) is 13.5 Å². The molecule has 140 valence electrons. The molecule has 0 radical (unpaired) electrons. The SMILES string of the molecule is CCOc1ccc(-c2cc(N)n(S(=O)(=O)c3cccc([N+](=O)[O-])c3)n2)cc1. The molecule has 0 aliphatic heterocycles. The number of ether oxygens (including phenoxy) is 1. The Kier molecular flexibility index (Phi) is 4.82. The van der Waals surface area contributed by atoms with E-state index in [1.807, 2.05) is 6.92 Å². The zero-order valence-electron chi connectivity index (χ0n) is 14.3. The number of aromatic nitrogens is 2. The van der Waals surface area contributed by atoms with Crippen LogP contribution in [-0.2, 0) is 10.0 Å². The Labute approximate surface area is 155 Å². The van der Waals surface area contributed by atoms with Gasteiger partial charge in [0, 0.05) is 23.8 Å². The highest BCUT2D eigenvalue weighted by molar-refractivity contribution is 7.90. The smallest absolute Gasteiger partial charge is 0.285 e. The predicted molar refractivity (Wildman–Crippen MR) is 98.9 cm³/mol. The van der Waals surface area contributed by atoms with Gasteiger partial charge in [-0.25, -0.2) is 0 Å². The first kappa shape index (κ1) is 18.4. The largest absolute Gasteiger partial charge is 0.494 e. The minimum atomic E-state index is -4.18. The number of non-ortho nitro benzene ring substituents is 1. The van der Waals surface area contributed by atoms with Gasteiger partial charge in [-0.15, -0.1) is 4.09 Å².